The highest BCUT2D eigenvalue weighted by Gasteiger charge is 2.34. The van der Waals surface area contributed by atoms with Gasteiger partial charge in [0, 0.05) is 10.2 Å². The van der Waals surface area contributed by atoms with E-state index >= 15 is 0 Å². The Morgan fingerprint density at radius 3 is 2.70 bits per heavy atom. The zero-order chi connectivity index (χ0) is 14.3. The van der Waals surface area contributed by atoms with Crippen molar-refractivity contribution in [1.82, 2.24) is 0 Å². The molecule has 0 aromatic heterocycles. The Bertz CT molecular complexity index is 771. The first kappa shape index (κ1) is 13.6. The summed E-state index contributed by atoms with van der Waals surface area (Å²) >= 11 is 3.51. The molecule has 1 N–H and O–H groups in total. The van der Waals surface area contributed by atoms with Gasteiger partial charge in [0.25, 0.3) is 0 Å². The van der Waals surface area contributed by atoms with E-state index in [1.165, 1.54) is 0 Å². The molecule has 1 heterocycles. The summed E-state index contributed by atoms with van der Waals surface area (Å²) in [4.78, 5) is 0.445. The van der Waals surface area contributed by atoms with Gasteiger partial charge >= 0.3 is 0 Å². The van der Waals surface area contributed by atoms with Gasteiger partial charge in [-0.25, -0.2) is 8.42 Å². The molecule has 0 spiro atoms. The molecule has 1 atom stereocenters. The molecule has 20 heavy (non-hydrogen) atoms. The summed E-state index contributed by atoms with van der Waals surface area (Å²) < 4.78 is 25.2. The van der Waals surface area contributed by atoms with E-state index in [4.69, 9.17) is 0 Å². The number of rotatable bonds is 2. The lowest BCUT2D eigenvalue weighted by Crippen LogP contribution is -2.13. The van der Waals surface area contributed by atoms with Crippen molar-refractivity contribution in [3.63, 3.8) is 0 Å². The van der Waals surface area contributed by atoms with Gasteiger partial charge < -0.3 is 5.32 Å². The van der Waals surface area contributed by atoms with Crippen molar-refractivity contribution in [3.8, 4) is 0 Å². The predicted octanol–water partition coefficient (Wildman–Crippen LogP) is 3.70. The monoisotopic (exact) mass is 351 g/mol. The first-order valence-corrected chi connectivity index (χ1v) is 8.76. The normalized spacial score (nSPS) is 19.6. The Hall–Kier alpha value is -1.33. The van der Waals surface area contributed by atoms with Crippen LogP contribution in [0, 0.1) is 6.92 Å². The zero-order valence-corrected chi connectivity index (χ0v) is 13.3. The molecule has 0 amide bonds. The Morgan fingerprint density at radius 2 is 1.95 bits per heavy atom. The number of hydrogen-bond donors (Lipinski definition) is 1. The van der Waals surface area contributed by atoms with Crippen molar-refractivity contribution >= 4 is 31.5 Å². The lowest BCUT2D eigenvalue weighted by atomic mass is 10.1. The van der Waals surface area contributed by atoms with Crippen molar-refractivity contribution in [1.29, 1.82) is 0 Å². The molecule has 0 saturated carbocycles. The lowest BCUT2D eigenvalue weighted by molar-refractivity contribution is 0.598. The number of hydrogen-bond acceptors (Lipinski definition) is 3. The van der Waals surface area contributed by atoms with Gasteiger partial charge in [0.15, 0.2) is 9.84 Å². The maximum atomic E-state index is 12.1. The fourth-order valence-electron chi connectivity index (χ4n) is 2.49. The molecule has 3 nitrogen and oxygen atoms in total. The quantitative estimate of drug-likeness (QED) is 0.897. The molecule has 0 radical (unpaired) electrons. The van der Waals surface area contributed by atoms with E-state index in [1.54, 1.807) is 12.1 Å². The van der Waals surface area contributed by atoms with Crippen molar-refractivity contribution in [2.75, 3.05) is 11.1 Å². The molecule has 1 aliphatic rings. The van der Waals surface area contributed by atoms with E-state index in [1.807, 2.05) is 37.3 Å². The number of sulfone groups is 1. The largest absolute Gasteiger partial charge is 0.376 e. The molecule has 5 heteroatoms. The Morgan fingerprint density at radius 1 is 1.20 bits per heavy atom. The van der Waals surface area contributed by atoms with Crippen molar-refractivity contribution in [2.24, 2.45) is 0 Å². The molecule has 1 aliphatic heterocycles. The van der Waals surface area contributed by atoms with Crippen LogP contribution in [-0.4, -0.2) is 14.2 Å². The minimum Gasteiger partial charge on any atom is -0.376 e. The highest BCUT2D eigenvalue weighted by atomic mass is 79.9. The molecular formula is C15H14BrNO2S. The molecule has 0 aliphatic carbocycles. The van der Waals surface area contributed by atoms with Crippen LogP contribution in [0.2, 0.25) is 0 Å². The first-order valence-electron chi connectivity index (χ1n) is 6.32. The van der Waals surface area contributed by atoms with Crippen molar-refractivity contribution < 1.29 is 8.42 Å². The second-order valence-electron chi connectivity index (χ2n) is 5.00. The van der Waals surface area contributed by atoms with Crippen LogP contribution in [0.1, 0.15) is 17.2 Å². The molecular weight excluding hydrogens is 338 g/mol. The van der Waals surface area contributed by atoms with Gasteiger partial charge in [-0.1, -0.05) is 24.3 Å². The number of benzene rings is 2. The predicted molar refractivity (Wildman–Crippen MR) is 83.7 cm³/mol. The summed E-state index contributed by atoms with van der Waals surface area (Å²) in [7, 11) is -3.17. The minimum atomic E-state index is -3.17. The molecule has 104 valence electrons. The van der Waals surface area contributed by atoms with Crippen LogP contribution in [0.15, 0.2) is 51.8 Å². The molecule has 0 fully saturated rings. The summed E-state index contributed by atoms with van der Waals surface area (Å²) in [5.74, 6) is 0.104. The third-order valence-electron chi connectivity index (χ3n) is 3.47. The number of nitrogens with one attached hydrogen (secondary N) is 1. The van der Waals surface area contributed by atoms with Crippen LogP contribution in [0.4, 0.5) is 5.69 Å². The van der Waals surface area contributed by atoms with Gasteiger partial charge in [-0.05, 0) is 52.2 Å². The summed E-state index contributed by atoms with van der Waals surface area (Å²) in [5, 5.41) is 3.32. The number of aryl methyl sites for hydroxylation is 1. The minimum absolute atomic E-state index is 0.104. The lowest BCUT2D eigenvalue weighted by Gasteiger charge is -2.16. The van der Waals surface area contributed by atoms with Crippen molar-refractivity contribution in [2.45, 2.75) is 17.9 Å². The first-order chi connectivity index (χ1) is 9.47. The summed E-state index contributed by atoms with van der Waals surface area (Å²) in [6.45, 7) is 2.02. The van der Waals surface area contributed by atoms with E-state index in [9.17, 15) is 8.42 Å². The molecule has 1 unspecified atom stereocenters. The van der Waals surface area contributed by atoms with E-state index in [0.29, 0.717) is 4.90 Å². The zero-order valence-electron chi connectivity index (χ0n) is 10.9. The average Bonchev–Trinajstić information content (AvgIpc) is 2.65. The molecule has 2 aromatic carbocycles. The highest BCUT2D eigenvalue weighted by Crippen LogP contribution is 2.36. The number of anilines is 1. The molecule has 2 aromatic rings. The van der Waals surface area contributed by atoms with E-state index < -0.39 is 9.84 Å². The van der Waals surface area contributed by atoms with Crippen LogP contribution in [-0.2, 0) is 9.84 Å². The summed E-state index contributed by atoms with van der Waals surface area (Å²) in [5.41, 5.74) is 2.91. The smallest absolute Gasteiger partial charge is 0.181 e. The Balaban J connectivity index is 1.97. The van der Waals surface area contributed by atoms with E-state index in [2.05, 4.69) is 21.2 Å². The van der Waals surface area contributed by atoms with Gasteiger partial charge in [-0.2, -0.15) is 0 Å². The van der Waals surface area contributed by atoms with Crippen LogP contribution < -0.4 is 5.32 Å². The van der Waals surface area contributed by atoms with Gasteiger partial charge in [0.05, 0.1) is 16.7 Å². The summed E-state index contributed by atoms with van der Waals surface area (Å²) in [6, 6.07) is 13.0. The fraction of sp³-hybridized carbons (Fsp3) is 0.200. The molecule has 3 rings (SSSR count). The Labute approximate surface area is 127 Å². The van der Waals surface area contributed by atoms with Crippen molar-refractivity contribution in [3.05, 3.63) is 58.1 Å². The standard InChI is InChI=1S/C15H14BrNO2S/c1-10-6-7-13(12(16)8-10)17-14-9-20(18,19)15-5-3-2-4-11(14)15/h2-8,14,17H,9H2,1H3. The van der Waals surface area contributed by atoms with Gasteiger partial charge in [-0.15, -0.1) is 0 Å². The molecule has 0 bridgehead atoms. The second-order valence-corrected chi connectivity index (χ2v) is 7.86. The third-order valence-corrected chi connectivity index (χ3v) is 5.94. The van der Waals surface area contributed by atoms with Gasteiger partial charge in [0.2, 0.25) is 0 Å². The fourth-order valence-corrected chi connectivity index (χ4v) is 4.84. The van der Waals surface area contributed by atoms with Crippen LogP contribution >= 0.6 is 15.9 Å². The maximum absolute atomic E-state index is 12.1. The number of halogens is 1. The summed E-state index contributed by atoms with van der Waals surface area (Å²) in [6.07, 6.45) is 0. The van der Waals surface area contributed by atoms with Crippen LogP contribution in [0.5, 0.6) is 0 Å². The van der Waals surface area contributed by atoms with Gasteiger partial charge in [0.1, 0.15) is 0 Å². The van der Waals surface area contributed by atoms with Gasteiger partial charge in [-0.3, -0.25) is 0 Å². The second kappa shape index (κ2) is 4.90. The maximum Gasteiger partial charge on any atom is 0.181 e. The molecule has 0 saturated heterocycles. The van der Waals surface area contributed by atoms with E-state index in [-0.39, 0.29) is 11.8 Å². The number of fused-ring (bicyclic) bond motifs is 1. The average molecular weight is 352 g/mol. The topological polar surface area (TPSA) is 46.2 Å². The van der Waals surface area contributed by atoms with Crippen LogP contribution in [0.3, 0.4) is 0 Å². The Kier molecular flexibility index (Phi) is 3.34. The van der Waals surface area contributed by atoms with Crippen LogP contribution in [0.25, 0.3) is 0 Å². The third kappa shape index (κ3) is 2.36. The van der Waals surface area contributed by atoms with E-state index in [0.717, 1.165) is 21.3 Å². The highest BCUT2D eigenvalue weighted by molar-refractivity contribution is 9.10. The SMILES string of the molecule is Cc1ccc(NC2CS(=O)(=O)c3ccccc32)c(Br)c1.